The number of aryl methyl sites for hydroxylation is 1. The van der Waals surface area contributed by atoms with E-state index >= 15 is 0 Å². The van der Waals surface area contributed by atoms with Crippen molar-refractivity contribution in [1.29, 1.82) is 0 Å². The van der Waals surface area contributed by atoms with E-state index in [0.29, 0.717) is 23.2 Å². The summed E-state index contributed by atoms with van der Waals surface area (Å²) in [5.41, 5.74) is 2.13. The lowest BCUT2D eigenvalue weighted by Crippen LogP contribution is -2.34. The Kier molecular flexibility index (Phi) is 6.27. The van der Waals surface area contributed by atoms with Gasteiger partial charge in [0.1, 0.15) is 11.5 Å². The Hall–Kier alpha value is -2.48. The highest BCUT2D eigenvalue weighted by molar-refractivity contribution is 7.17. The Bertz CT molecular complexity index is 985. The van der Waals surface area contributed by atoms with Crippen LogP contribution in [-0.4, -0.2) is 52.0 Å². The van der Waals surface area contributed by atoms with Crippen molar-refractivity contribution in [2.75, 3.05) is 18.5 Å². The van der Waals surface area contributed by atoms with E-state index in [-0.39, 0.29) is 23.6 Å². The molecule has 0 aromatic carbocycles. The predicted molar refractivity (Wildman–Crippen MR) is 122 cm³/mol. The van der Waals surface area contributed by atoms with Gasteiger partial charge < -0.3 is 15.0 Å². The van der Waals surface area contributed by atoms with Crippen LogP contribution in [0.2, 0.25) is 0 Å². The van der Waals surface area contributed by atoms with Crippen molar-refractivity contribution in [2.45, 2.75) is 65.5 Å². The van der Waals surface area contributed by atoms with Crippen LogP contribution >= 0.6 is 11.3 Å². The molecule has 1 aliphatic heterocycles. The van der Waals surface area contributed by atoms with E-state index in [4.69, 9.17) is 4.74 Å². The van der Waals surface area contributed by atoms with Gasteiger partial charge in [-0.05, 0) is 70.9 Å². The summed E-state index contributed by atoms with van der Waals surface area (Å²) in [6, 6.07) is 2.57. The first-order valence-electron chi connectivity index (χ1n) is 11.1. The standard InChI is InChI=1S/C23H30N4O3S/c1-5-30-23(29)21-26-19(22(28)27-10-6-7-14(27)3)20(31-21)17-12-24-18(11-13(17)2)25-15(4)16-8-9-16/h11-12,14-16H,5-10H2,1-4H3,(H,24,25)/t14-,15-/m0/s1. The highest BCUT2D eigenvalue weighted by atomic mass is 32.1. The molecule has 3 heterocycles. The van der Waals surface area contributed by atoms with E-state index in [9.17, 15) is 9.59 Å². The molecule has 2 aliphatic rings. The van der Waals surface area contributed by atoms with E-state index < -0.39 is 5.97 Å². The third-order valence-corrected chi connectivity index (χ3v) is 7.22. The number of amides is 1. The number of nitrogens with zero attached hydrogens (tertiary/aromatic N) is 3. The van der Waals surface area contributed by atoms with Crippen molar-refractivity contribution in [3.8, 4) is 10.4 Å². The number of likely N-dealkylation sites (tertiary alicyclic amines) is 1. The molecule has 2 aromatic heterocycles. The average Bonchev–Trinajstić information content (AvgIpc) is 3.36. The van der Waals surface area contributed by atoms with E-state index in [1.54, 1.807) is 13.1 Å². The van der Waals surface area contributed by atoms with Gasteiger partial charge in [-0.1, -0.05) is 0 Å². The zero-order valence-electron chi connectivity index (χ0n) is 18.6. The molecule has 8 heteroatoms. The van der Waals surface area contributed by atoms with E-state index in [1.165, 1.54) is 24.2 Å². The topological polar surface area (TPSA) is 84.4 Å². The van der Waals surface area contributed by atoms with E-state index in [1.807, 2.05) is 17.9 Å². The molecule has 166 valence electrons. The summed E-state index contributed by atoms with van der Waals surface area (Å²) >= 11 is 1.20. The maximum Gasteiger partial charge on any atom is 0.367 e. The number of pyridine rings is 1. The van der Waals surface area contributed by atoms with Crippen LogP contribution in [0.3, 0.4) is 0 Å². The second-order valence-electron chi connectivity index (χ2n) is 8.56. The van der Waals surface area contributed by atoms with Gasteiger partial charge in [0.2, 0.25) is 5.01 Å². The summed E-state index contributed by atoms with van der Waals surface area (Å²) in [6.07, 6.45) is 6.28. The smallest absolute Gasteiger partial charge is 0.367 e. The number of esters is 1. The molecule has 1 saturated heterocycles. The normalized spacial score (nSPS) is 19.4. The van der Waals surface area contributed by atoms with Gasteiger partial charge in [-0.2, -0.15) is 0 Å². The number of anilines is 1. The van der Waals surface area contributed by atoms with Crippen LogP contribution in [0, 0.1) is 12.8 Å². The van der Waals surface area contributed by atoms with Gasteiger partial charge in [0.05, 0.1) is 11.5 Å². The average molecular weight is 443 g/mol. The van der Waals surface area contributed by atoms with Crippen LogP contribution < -0.4 is 5.32 Å². The first-order valence-corrected chi connectivity index (χ1v) is 11.9. The van der Waals surface area contributed by atoms with Crippen LogP contribution in [0.1, 0.15) is 72.3 Å². The van der Waals surface area contributed by atoms with Gasteiger partial charge in [0.15, 0.2) is 0 Å². The van der Waals surface area contributed by atoms with Gasteiger partial charge in [-0.15, -0.1) is 11.3 Å². The van der Waals surface area contributed by atoms with Crippen LogP contribution in [0.15, 0.2) is 12.3 Å². The molecule has 0 spiro atoms. The second kappa shape index (κ2) is 8.94. The SMILES string of the molecule is CCOC(=O)c1nc(C(=O)N2CCC[C@@H]2C)c(-c2cnc(N[C@@H](C)C3CC3)cc2C)s1. The quantitative estimate of drug-likeness (QED) is 0.635. The minimum absolute atomic E-state index is 0.129. The van der Waals surface area contributed by atoms with Crippen molar-refractivity contribution in [1.82, 2.24) is 14.9 Å². The molecule has 0 radical (unpaired) electrons. The third-order valence-electron chi connectivity index (χ3n) is 6.15. The summed E-state index contributed by atoms with van der Waals surface area (Å²) in [4.78, 5) is 37.3. The van der Waals surface area contributed by atoms with Crippen LogP contribution in [0.25, 0.3) is 10.4 Å². The number of carbonyl (C=O) groups excluding carboxylic acids is 2. The lowest BCUT2D eigenvalue weighted by atomic mass is 10.1. The zero-order chi connectivity index (χ0) is 22.1. The fraction of sp³-hybridized carbons (Fsp3) is 0.565. The molecule has 2 fully saturated rings. The number of thiazole rings is 1. The fourth-order valence-corrected chi connectivity index (χ4v) is 5.14. The van der Waals surface area contributed by atoms with E-state index in [0.717, 1.165) is 35.7 Å². The predicted octanol–water partition coefficient (Wildman–Crippen LogP) is 4.53. The number of hydrogen-bond acceptors (Lipinski definition) is 7. The highest BCUT2D eigenvalue weighted by Crippen LogP contribution is 2.37. The summed E-state index contributed by atoms with van der Waals surface area (Å²) in [5, 5.41) is 3.68. The van der Waals surface area contributed by atoms with Gasteiger partial charge in [-0.25, -0.2) is 14.8 Å². The number of carbonyl (C=O) groups is 2. The lowest BCUT2D eigenvalue weighted by molar-refractivity contribution is 0.0526. The molecule has 4 rings (SSSR count). The monoisotopic (exact) mass is 442 g/mol. The first-order chi connectivity index (χ1) is 14.9. The molecular weight excluding hydrogens is 412 g/mol. The van der Waals surface area contributed by atoms with Crippen LogP contribution in [-0.2, 0) is 4.74 Å². The third kappa shape index (κ3) is 4.59. The largest absolute Gasteiger partial charge is 0.461 e. The second-order valence-corrected chi connectivity index (χ2v) is 9.56. The molecule has 0 bridgehead atoms. The molecular formula is C23H30N4O3S. The van der Waals surface area contributed by atoms with Crippen molar-refractivity contribution < 1.29 is 14.3 Å². The molecule has 2 atom stereocenters. The van der Waals surface area contributed by atoms with Gasteiger partial charge in [0.25, 0.3) is 5.91 Å². The Morgan fingerprint density at radius 1 is 1.35 bits per heavy atom. The number of ether oxygens (including phenoxy) is 1. The van der Waals surface area contributed by atoms with Gasteiger partial charge in [-0.3, -0.25) is 4.79 Å². The summed E-state index contributed by atoms with van der Waals surface area (Å²) in [5.74, 6) is 0.930. The zero-order valence-corrected chi connectivity index (χ0v) is 19.4. The van der Waals surface area contributed by atoms with Crippen molar-refractivity contribution in [2.24, 2.45) is 5.92 Å². The van der Waals surface area contributed by atoms with Crippen molar-refractivity contribution in [3.05, 3.63) is 28.5 Å². The number of nitrogens with one attached hydrogen (secondary N) is 1. The van der Waals surface area contributed by atoms with Crippen LogP contribution in [0.4, 0.5) is 5.82 Å². The van der Waals surface area contributed by atoms with Crippen molar-refractivity contribution >= 4 is 29.0 Å². The first kappa shape index (κ1) is 21.7. The molecule has 1 N–H and O–H groups in total. The molecule has 0 unspecified atom stereocenters. The maximum atomic E-state index is 13.3. The summed E-state index contributed by atoms with van der Waals surface area (Å²) < 4.78 is 5.14. The maximum absolute atomic E-state index is 13.3. The molecule has 1 saturated carbocycles. The molecule has 1 aliphatic carbocycles. The molecule has 31 heavy (non-hydrogen) atoms. The Morgan fingerprint density at radius 2 is 2.13 bits per heavy atom. The minimum Gasteiger partial charge on any atom is -0.461 e. The summed E-state index contributed by atoms with van der Waals surface area (Å²) in [6.45, 7) is 8.97. The van der Waals surface area contributed by atoms with E-state index in [2.05, 4.69) is 29.1 Å². The fourth-order valence-electron chi connectivity index (χ4n) is 4.12. The van der Waals surface area contributed by atoms with Crippen LogP contribution in [0.5, 0.6) is 0 Å². The van der Waals surface area contributed by atoms with Gasteiger partial charge >= 0.3 is 5.97 Å². The Balaban J connectivity index is 1.68. The molecule has 2 aromatic rings. The lowest BCUT2D eigenvalue weighted by Gasteiger charge is -2.21. The number of rotatable bonds is 7. The van der Waals surface area contributed by atoms with Gasteiger partial charge in [0, 0.05) is 30.4 Å². The number of hydrogen-bond donors (Lipinski definition) is 1. The Labute approximate surface area is 187 Å². The minimum atomic E-state index is -0.496. The molecule has 7 nitrogen and oxygen atoms in total. The number of aromatic nitrogens is 2. The summed E-state index contributed by atoms with van der Waals surface area (Å²) in [7, 11) is 0. The highest BCUT2D eigenvalue weighted by Gasteiger charge is 2.32. The molecule has 1 amide bonds. The Morgan fingerprint density at radius 3 is 2.74 bits per heavy atom. The van der Waals surface area contributed by atoms with Crippen molar-refractivity contribution in [3.63, 3.8) is 0 Å².